The Bertz CT molecular complexity index is 372. The molecule has 0 aliphatic carbocycles. The number of aromatic nitrogens is 3. The topological polar surface area (TPSA) is 62.7 Å². The van der Waals surface area contributed by atoms with Gasteiger partial charge in [0, 0.05) is 6.04 Å². The summed E-state index contributed by atoms with van der Waals surface area (Å²) in [6.07, 6.45) is 5.32. The Labute approximate surface area is 109 Å². The number of rotatable bonds is 4. The van der Waals surface area contributed by atoms with Crippen LogP contribution in [0.2, 0.25) is 0 Å². The van der Waals surface area contributed by atoms with Crippen molar-refractivity contribution in [1.82, 2.24) is 20.5 Å². The van der Waals surface area contributed by atoms with Gasteiger partial charge in [-0.05, 0) is 45.2 Å². The van der Waals surface area contributed by atoms with Crippen molar-refractivity contribution in [3.05, 3.63) is 11.4 Å². The Morgan fingerprint density at radius 1 is 1.11 bits per heavy atom. The van der Waals surface area contributed by atoms with Gasteiger partial charge >= 0.3 is 0 Å². The van der Waals surface area contributed by atoms with Gasteiger partial charge in [-0.2, -0.15) is 5.10 Å². The van der Waals surface area contributed by atoms with Gasteiger partial charge in [0.15, 0.2) is 0 Å². The third kappa shape index (κ3) is 3.38. The van der Waals surface area contributed by atoms with Crippen molar-refractivity contribution in [2.45, 2.75) is 52.0 Å². The van der Waals surface area contributed by atoms with Gasteiger partial charge in [0.05, 0.1) is 11.4 Å². The maximum absolute atomic E-state index is 4.58. The lowest BCUT2D eigenvalue weighted by Crippen LogP contribution is -2.23. The van der Waals surface area contributed by atoms with Crippen molar-refractivity contribution in [2.24, 2.45) is 0 Å². The van der Waals surface area contributed by atoms with Crippen LogP contribution in [0.25, 0.3) is 0 Å². The van der Waals surface area contributed by atoms with E-state index in [4.69, 9.17) is 0 Å². The van der Waals surface area contributed by atoms with Crippen LogP contribution in [0, 0.1) is 0 Å². The van der Waals surface area contributed by atoms with Crippen molar-refractivity contribution in [1.29, 1.82) is 0 Å². The highest BCUT2D eigenvalue weighted by Gasteiger charge is 2.14. The fraction of sp³-hybridized carbons (Fsp3) is 0.769. The molecule has 0 spiro atoms. The summed E-state index contributed by atoms with van der Waals surface area (Å²) >= 11 is 0. The molecule has 18 heavy (non-hydrogen) atoms. The third-order valence-electron chi connectivity index (χ3n) is 3.42. The average Bonchev–Trinajstić information content (AvgIpc) is 2.67. The minimum Gasteiger partial charge on any atom is -0.350 e. The molecular formula is C13H23N5. The zero-order valence-electron chi connectivity index (χ0n) is 11.4. The van der Waals surface area contributed by atoms with Gasteiger partial charge in [-0.1, -0.05) is 13.8 Å². The van der Waals surface area contributed by atoms with E-state index in [1.54, 1.807) is 0 Å². The molecule has 0 radical (unpaired) electrons. The lowest BCUT2D eigenvalue weighted by molar-refractivity contribution is 0.627. The molecular weight excluding hydrogens is 226 g/mol. The van der Waals surface area contributed by atoms with Gasteiger partial charge in [0.2, 0.25) is 5.95 Å². The van der Waals surface area contributed by atoms with Crippen LogP contribution >= 0.6 is 0 Å². The monoisotopic (exact) mass is 249 g/mol. The first kappa shape index (κ1) is 13.2. The minimum absolute atomic E-state index is 0.471. The summed E-state index contributed by atoms with van der Waals surface area (Å²) in [5, 5.41) is 15.3. The summed E-state index contributed by atoms with van der Waals surface area (Å²) in [4.78, 5) is 4.58. The van der Waals surface area contributed by atoms with Crippen LogP contribution < -0.4 is 10.6 Å². The second kappa shape index (κ2) is 6.64. The minimum atomic E-state index is 0.471. The Morgan fingerprint density at radius 3 is 2.72 bits per heavy atom. The lowest BCUT2D eigenvalue weighted by Gasteiger charge is -2.16. The highest BCUT2D eigenvalue weighted by Crippen LogP contribution is 2.12. The van der Waals surface area contributed by atoms with Crippen LogP contribution in [0.1, 0.15) is 44.5 Å². The maximum atomic E-state index is 4.58. The molecule has 1 saturated heterocycles. The Hall–Kier alpha value is -1.23. The van der Waals surface area contributed by atoms with Crippen LogP contribution in [-0.2, 0) is 12.8 Å². The van der Waals surface area contributed by atoms with E-state index in [0.29, 0.717) is 12.0 Å². The van der Waals surface area contributed by atoms with Gasteiger partial charge in [0.1, 0.15) is 0 Å². The number of anilines is 1. The first-order valence-corrected chi connectivity index (χ1v) is 7.03. The number of aryl methyl sites for hydroxylation is 2. The molecule has 5 nitrogen and oxygen atoms in total. The van der Waals surface area contributed by atoms with Crippen molar-refractivity contribution in [2.75, 3.05) is 18.4 Å². The Morgan fingerprint density at radius 2 is 1.94 bits per heavy atom. The molecule has 1 unspecified atom stereocenters. The van der Waals surface area contributed by atoms with Gasteiger partial charge < -0.3 is 10.6 Å². The zero-order valence-corrected chi connectivity index (χ0v) is 11.4. The van der Waals surface area contributed by atoms with Gasteiger partial charge in [-0.3, -0.25) is 0 Å². The van der Waals surface area contributed by atoms with Crippen molar-refractivity contribution in [3.8, 4) is 0 Å². The van der Waals surface area contributed by atoms with Crippen molar-refractivity contribution < 1.29 is 0 Å². The molecule has 100 valence electrons. The molecule has 2 heterocycles. The van der Waals surface area contributed by atoms with E-state index in [0.717, 1.165) is 43.7 Å². The van der Waals surface area contributed by atoms with Crippen molar-refractivity contribution >= 4 is 5.95 Å². The van der Waals surface area contributed by atoms with E-state index in [9.17, 15) is 0 Å². The summed E-state index contributed by atoms with van der Waals surface area (Å²) < 4.78 is 0. The molecule has 1 atom stereocenters. The molecule has 0 bridgehead atoms. The second-order valence-corrected chi connectivity index (χ2v) is 4.76. The molecule has 1 aromatic heterocycles. The van der Waals surface area contributed by atoms with Crippen LogP contribution in [0.4, 0.5) is 5.95 Å². The molecule has 1 aliphatic rings. The number of hydrogen-bond donors (Lipinski definition) is 2. The van der Waals surface area contributed by atoms with E-state index in [1.807, 2.05) is 0 Å². The summed E-state index contributed by atoms with van der Waals surface area (Å²) in [7, 11) is 0. The normalized spacial score (nSPS) is 20.4. The second-order valence-electron chi connectivity index (χ2n) is 4.76. The van der Waals surface area contributed by atoms with Gasteiger partial charge in [0.25, 0.3) is 0 Å². The van der Waals surface area contributed by atoms with E-state index >= 15 is 0 Å². The third-order valence-corrected chi connectivity index (χ3v) is 3.42. The quantitative estimate of drug-likeness (QED) is 0.847. The van der Waals surface area contributed by atoms with Crippen LogP contribution in [0.15, 0.2) is 0 Å². The van der Waals surface area contributed by atoms with E-state index < -0.39 is 0 Å². The van der Waals surface area contributed by atoms with E-state index in [2.05, 4.69) is 39.7 Å². The Kier molecular flexibility index (Phi) is 4.87. The molecule has 1 aromatic rings. The van der Waals surface area contributed by atoms with Crippen molar-refractivity contribution in [3.63, 3.8) is 0 Å². The first-order valence-electron chi connectivity index (χ1n) is 7.03. The SMILES string of the molecule is CCc1nnc(NC2CCCNCC2)nc1CC. The highest BCUT2D eigenvalue weighted by atomic mass is 15.2. The Balaban J connectivity index is 2.03. The number of nitrogens with zero attached hydrogens (tertiary/aromatic N) is 3. The highest BCUT2D eigenvalue weighted by molar-refractivity contribution is 5.27. The van der Waals surface area contributed by atoms with Crippen LogP contribution in [0.3, 0.4) is 0 Å². The average molecular weight is 249 g/mol. The molecule has 1 aliphatic heterocycles. The fourth-order valence-corrected chi connectivity index (χ4v) is 2.35. The van der Waals surface area contributed by atoms with Crippen LogP contribution in [-0.4, -0.2) is 34.3 Å². The lowest BCUT2D eigenvalue weighted by atomic mass is 10.1. The molecule has 0 saturated carbocycles. The zero-order chi connectivity index (χ0) is 12.8. The molecule has 5 heteroatoms. The summed E-state index contributed by atoms with van der Waals surface area (Å²) in [6, 6.07) is 0.471. The molecule has 2 N–H and O–H groups in total. The van der Waals surface area contributed by atoms with E-state index in [1.165, 1.54) is 12.8 Å². The molecule has 0 aromatic carbocycles. The summed E-state index contributed by atoms with van der Waals surface area (Å²) in [5.74, 6) is 0.691. The predicted octanol–water partition coefficient (Wildman–Crippen LogP) is 1.55. The standard InChI is InChI=1S/C13H23N5/c1-3-11-12(4-2)17-18-13(16-11)15-10-6-5-8-14-9-7-10/h10,14H,3-9H2,1-2H3,(H,15,16,18). The smallest absolute Gasteiger partial charge is 0.243 e. The maximum Gasteiger partial charge on any atom is 0.243 e. The van der Waals surface area contributed by atoms with Gasteiger partial charge in [-0.25, -0.2) is 4.98 Å². The summed E-state index contributed by atoms with van der Waals surface area (Å²) in [6.45, 7) is 6.39. The predicted molar refractivity (Wildman–Crippen MR) is 72.7 cm³/mol. The summed E-state index contributed by atoms with van der Waals surface area (Å²) in [5.41, 5.74) is 2.09. The number of hydrogen-bond acceptors (Lipinski definition) is 5. The van der Waals surface area contributed by atoms with E-state index in [-0.39, 0.29) is 0 Å². The van der Waals surface area contributed by atoms with Crippen LogP contribution in [0.5, 0.6) is 0 Å². The largest absolute Gasteiger partial charge is 0.350 e. The number of nitrogens with one attached hydrogen (secondary N) is 2. The molecule has 2 rings (SSSR count). The molecule has 1 fully saturated rings. The molecule has 0 amide bonds. The fourth-order valence-electron chi connectivity index (χ4n) is 2.35. The van der Waals surface area contributed by atoms with Gasteiger partial charge in [-0.15, -0.1) is 5.10 Å². The first-order chi connectivity index (χ1) is 8.83.